The zero-order valence-corrected chi connectivity index (χ0v) is 30.7. The molecule has 8 rings (SSSR count). The summed E-state index contributed by atoms with van der Waals surface area (Å²) < 4.78 is 13.4. The zero-order valence-electron chi connectivity index (χ0n) is 30.7. The second-order valence-electron chi connectivity index (χ2n) is 14.9. The third-order valence-corrected chi connectivity index (χ3v) is 11.9. The van der Waals surface area contributed by atoms with Crippen molar-refractivity contribution in [3.8, 4) is 22.6 Å². The van der Waals surface area contributed by atoms with E-state index in [0.29, 0.717) is 36.6 Å². The number of carbonyl (C=O) groups is 5. The SMILES string of the molecule is CNC(=O)N1CCc2c(-c3cc(OC)c(CNC4CC45CCN(c4ccc6c(c4)C(=O)N(C4CCC(=O)NC4=O)C6=O)C5)c(OC)c3)cn(C)c(=O)c2C1. The van der Waals surface area contributed by atoms with Crippen LogP contribution in [0.2, 0.25) is 0 Å². The number of nitrogens with one attached hydrogen (secondary N) is 3. The number of piperidine rings is 1. The number of amides is 6. The molecule has 0 radical (unpaired) electrons. The number of pyridine rings is 1. The second kappa shape index (κ2) is 13.3. The van der Waals surface area contributed by atoms with Gasteiger partial charge in [0.25, 0.3) is 17.4 Å². The minimum absolute atomic E-state index is 0.0501. The van der Waals surface area contributed by atoms with Gasteiger partial charge in [0.05, 0.1) is 31.9 Å². The van der Waals surface area contributed by atoms with E-state index in [-0.39, 0.29) is 53.6 Å². The van der Waals surface area contributed by atoms with E-state index in [1.807, 2.05) is 24.4 Å². The number of rotatable bonds is 8. The van der Waals surface area contributed by atoms with E-state index in [0.717, 1.165) is 58.8 Å². The molecular weight excluding hydrogens is 694 g/mol. The number of carbonyl (C=O) groups excluding carboxylic acids is 5. The molecule has 3 atom stereocenters. The van der Waals surface area contributed by atoms with Crippen LogP contribution in [-0.4, -0.2) is 97.0 Å². The van der Waals surface area contributed by atoms with Crippen LogP contribution in [0.5, 0.6) is 11.5 Å². The lowest BCUT2D eigenvalue weighted by molar-refractivity contribution is -0.136. The summed E-state index contributed by atoms with van der Waals surface area (Å²) >= 11 is 0. The number of urea groups is 1. The molecule has 15 nitrogen and oxygen atoms in total. The Morgan fingerprint density at radius 3 is 2.39 bits per heavy atom. The topological polar surface area (TPSA) is 172 Å². The van der Waals surface area contributed by atoms with Gasteiger partial charge in [0, 0.05) is 86.7 Å². The molecule has 1 aromatic heterocycles. The van der Waals surface area contributed by atoms with Crippen molar-refractivity contribution in [2.45, 2.75) is 57.3 Å². The van der Waals surface area contributed by atoms with Gasteiger partial charge >= 0.3 is 6.03 Å². The first-order valence-electron chi connectivity index (χ1n) is 18.2. The first kappa shape index (κ1) is 35.3. The Labute approximate surface area is 311 Å². The number of methoxy groups -OCH3 is 2. The highest BCUT2D eigenvalue weighted by Gasteiger charge is 2.57. The molecule has 1 spiro atoms. The smallest absolute Gasteiger partial charge is 0.317 e. The molecule has 0 bridgehead atoms. The number of hydrogen-bond acceptors (Lipinski definition) is 10. The van der Waals surface area contributed by atoms with Crippen LogP contribution >= 0.6 is 0 Å². The summed E-state index contributed by atoms with van der Waals surface area (Å²) in [5.74, 6) is -0.731. The molecule has 2 aromatic carbocycles. The van der Waals surface area contributed by atoms with Crippen molar-refractivity contribution in [1.82, 2.24) is 30.3 Å². The van der Waals surface area contributed by atoms with Gasteiger partial charge in [0.1, 0.15) is 17.5 Å². The highest BCUT2D eigenvalue weighted by Crippen LogP contribution is 2.54. The molecule has 5 aliphatic rings. The largest absolute Gasteiger partial charge is 0.496 e. The molecule has 5 heterocycles. The first-order valence-corrected chi connectivity index (χ1v) is 18.2. The van der Waals surface area contributed by atoms with Crippen LogP contribution in [0.15, 0.2) is 41.3 Å². The predicted molar refractivity (Wildman–Crippen MR) is 196 cm³/mol. The summed E-state index contributed by atoms with van der Waals surface area (Å²) in [6.07, 6.45) is 4.51. The number of anilines is 1. The number of benzene rings is 2. The molecule has 3 unspecified atom stereocenters. The monoisotopic (exact) mass is 737 g/mol. The van der Waals surface area contributed by atoms with Crippen LogP contribution < -0.4 is 35.9 Å². The minimum atomic E-state index is -0.998. The highest BCUT2D eigenvalue weighted by molar-refractivity contribution is 6.23. The molecule has 3 aromatic rings. The Bertz CT molecular complexity index is 2170. The molecular formula is C39H43N7O8. The molecule has 4 aliphatic heterocycles. The quantitative estimate of drug-likeness (QED) is 0.290. The van der Waals surface area contributed by atoms with E-state index in [1.54, 1.807) is 49.9 Å². The third kappa shape index (κ3) is 5.77. The summed E-state index contributed by atoms with van der Waals surface area (Å²) in [6.45, 7) is 2.82. The summed E-state index contributed by atoms with van der Waals surface area (Å²) in [7, 11) is 6.56. The number of aryl methyl sites for hydroxylation is 1. The molecule has 1 aliphatic carbocycles. The van der Waals surface area contributed by atoms with Crippen molar-refractivity contribution >= 4 is 35.3 Å². The maximum atomic E-state index is 13.4. The summed E-state index contributed by atoms with van der Waals surface area (Å²) in [4.78, 5) is 81.1. The van der Waals surface area contributed by atoms with Crippen LogP contribution in [-0.2, 0) is 36.1 Å². The van der Waals surface area contributed by atoms with Gasteiger partial charge in [0.2, 0.25) is 11.8 Å². The van der Waals surface area contributed by atoms with Crippen molar-refractivity contribution < 1.29 is 33.4 Å². The Morgan fingerprint density at radius 1 is 0.944 bits per heavy atom. The molecule has 15 heteroatoms. The Balaban J connectivity index is 0.963. The number of hydrogen-bond donors (Lipinski definition) is 3. The fourth-order valence-electron chi connectivity index (χ4n) is 8.78. The number of imide groups is 2. The van der Waals surface area contributed by atoms with Crippen LogP contribution in [0.3, 0.4) is 0 Å². The van der Waals surface area contributed by atoms with E-state index >= 15 is 0 Å². The number of ether oxygens (including phenoxy) is 2. The molecule has 54 heavy (non-hydrogen) atoms. The summed E-state index contributed by atoms with van der Waals surface area (Å²) in [5.41, 5.74) is 5.49. The second-order valence-corrected chi connectivity index (χ2v) is 14.9. The molecule has 1 saturated carbocycles. The molecule has 6 amide bonds. The van der Waals surface area contributed by atoms with E-state index < -0.39 is 29.7 Å². The first-order chi connectivity index (χ1) is 26.0. The highest BCUT2D eigenvalue weighted by atomic mass is 16.5. The van der Waals surface area contributed by atoms with Crippen molar-refractivity contribution in [2.24, 2.45) is 12.5 Å². The van der Waals surface area contributed by atoms with E-state index in [2.05, 4.69) is 20.9 Å². The van der Waals surface area contributed by atoms with Gasteiger partial charge in [0.15, 0.2) is 0 Å². The van der Waals surface area contributed by atoms with Gasteiger partial charge < -0.3 is 34.5 Å². The van der Waals surface area contributed by atoms with Crippen LogP contribution in [0.25, 0.3) is 11.1 Å². The zero-order chi connectivity index (χ0) is 38.1. The normalized spacial score (nSPS) is 23.1. The van der Waals surface area contributed by atoms with Crippen LogP contribution in [0, 0.1) is 5.41 Å². The fraction of sp³-hybridized carbons (Fsp3) is 0.436. The molecule has 2 saturated heterocycles. The van der Waals surface area contributed by atoms with Gasteiger partial charge in [-0.25, -0.2) is 4.79 Å². The van der Waals surface area contributed by atoms with Crippen LogP contribution in [0.4, 0.5) is 10.5 Å². The lowest BCUT2D eigenvalue weighted by atomic mass is 9.91. The van der Waals surface area contributed by atoms with Gasteiger partial charge in [-0.3, -0.25) is 34.2 Å². The van der Waals surface area contributed by atoms with E-state index in [1.165, 1.54) is 0 Å². The van der Waals surface area contributed by atoms with Crippen molar-refractivity contribution in [3.63, 3.8) is 0 Å². The molecule has 3 N–H and O–H groups in total. The number of fused-ring (bicyclic) bond motifs is 2. The maximum absolute atomic E-state index is 13.4. The van der Waals surface area contributed by atoms with Gasteiger partial charge in [-0.15, -0.1) is 0 Å². The van der Waals surface area contributed by atoms with Gasteiger partial charge in [-0.2, -0.15) is 0 Å². The molecule has 3 fully saturated rings. The Hall–Kier alpha value is -5.70. The Morgan fingerprint density at radius 2 is 1.69 bits per heavy atom. The van der Waals surface area contributed by atoms with Crippen molar-refractivity contribution in [2.75, 3.05) is 45.8 Å². The minimum Gasteiger partial charge on any atom is -0.496 e. The number of nitrogens with zero attached hydrogens (tertiary/aromatic N) is 4. The van der Waals surface area contributed by atoms with Crippen LogP contribution in [0.1, 0.15) is 63.1 Å². The van der Waals surface area contributed by atoms with E-state index in [4.69, 9.17) is 9.47 Å². The van der Waals surface area contributed by atoms with Gasteiger partial charge in [-0.1, -0.05) is 0 Å². The average Bonchev–Trinajstić information content (AvgIpc) is 3.57. The van der Waals surface area contributed by atoms with Crippen molar-refractivity contribution in [3.05, 3.63) is 74.7 Å². The van der Waals surface area contributed by atoms with Gasteiger partial charge in [-0.05, 0) is 67.1 Å². The molecule has 282 valence electrons. The van der Waals surface area contributed by atoms with Crippen molar-refractivity contribution in [1.29, 1.82) is 0 Å². The third-order valence-electron chi connectivity index (χ3n) is 11.9. The summed E-state index contributed by atoms with van der Waals surface area (Å²) in [5, 5.41) is 8.62. The fourth-order valence-corrected chi connectivity index (χ4v) is 8.78. The average molecular weight is 738 g/mol. The summed E-state index contributed by atoms with van der Waals surface area (Å²) in [6, 6.07) is 8.27. The maximum Gasteiger partial charge on any atom is 0.317 e. The lowest BCUT2D eigenvalue weighted by Crippen LogP contribution is -2.54. The number of aromatic nitrogens is 1. The predicted octanol–water partition coefficient (Wildman–Crippen LogP) is 1.93. The van der Waals surface area contributed by atoms with E-state index in [9.17, 15) is 28.8 Å². The lowest BCUT2D eigenvalue weighted by Gasteiger charge is -2.30. The standard InChI is InChI=1S/C39H43N7O8/c1-40-38(52)44-11-9-23-27(18-43(2)35(49)28(23)19-44)21-13-30(53-3)26(31(14-21)54-4)17-41-32-16-39(32)10-12-45(20-39)22-5-6-24-25(15-22)37(51)46(36(24)50)29-7-8-33(47)42-34(29)48/h5-6,13-15,18,29,32,41H,7-12,16-17,19-20H2,1-4H3,(H,40,52)(H,42,47,48). The Kier molecular flexibility index (Phi) is 8.71.